The van der Waals surface area contributed by atoms with E-state index >= 15 is 0 Å². The average Bonchev–Trinajstić information content (AvgIpc) is 2.52. The number of alkyl halides is 6. The minimum Gasteiger partial charge on any atom is -0.497 e. The van der Waals surface area contributed by atoms with Gasteiger partial charge in [0.05, 0.1) is 12.7 Å². The van der Waals surface area contributed by atoms with E-state index in [2.05, 4.69) is 0 Å². The summed E-state index contributed by atoms with van der Waals surface area (Å²) in [6, 6.07) is 7.07. The lowest BCUT2D eigenvalue weighted by atomic mass is 9.82. The molecule has 1 N–H and O–H groups in total. The van der Waals surface area contributed by atoms with Crippen LogP contribution in [0.4, 0.5) is 26.3 Å². The highest BCUT2D eigenvalue weighted by Gasteiger charge is 2.58. The second kappa shape index (κ2) is 6.01. The van der Waals surface area contributed by atoms with Crippen molar-refractivity contribution in [1.29, 1.82) is 0 Å². The molecule has 24 heavy (non-hydrogen) atoms. The van der Waals surface area contributed by atoms with E-state index in [4.69, 9.17) is 4.74 Å². The number of halogens is 6. The van der Waals surface area contributed by atoms with Gasteiger partial charge in [0.15, 0.2) is 0 Å². The Hall–Kier alpha value is -2.22. The maximum absolute atomic E-state index is 13.6. The Kier molecular flexibility index (Phi) is 4.54. The van der Waals surface area contributed by atoms with Crippen LogP contribution in [0.3, 0.4) is 0 Å². The van der Waals surface area contributed by atoms with Crippen molar-refractivity contribution in [3.8, 4) is 5.75 Å². The van der Waals surface area contributed by atoms with Crippen LogP contribution in [0.5, 0.6) is 5.75 Å². The minimum absolute atomic E-state index is 0.201. The van der Waals surface area contributed by atoms with Crippen molar-refractivity contribution in [1.82, 2.24) is 0 Å². The van der Waals surface area contributed by atoms with Gasteiger partial charge in [0.25, 0.3) is 0 Å². The van der Waals surface area contributed by atoms with Crippen LogP contribution >= 0.6 is 0 Å². The number of aliphatic hydroxyl groups is 1. The monoisotopic (exact) mass is 350 g/mol. The summed E-state index contributed by atoms with van der Waals surface area (Å²) in [5.74, 6) is 0.201. The van der Waals surface area contributed by atoms with E-state index in [1.165, 1.54) is 7.11 Å². The van der Waals surface area contributed by atoms with Crippen LogP contribution in [0.2, 0.25) is 0 Å². The molecule has 0 fully saturated rings. The van der Waals surface area contributed by atoms with Gasteiger partial charge in [-0.3, -0.25) is 0 Å². The molecule has 0 saturated carbocycles. The summed E-state index contributed by atoms with van der Waals surface area (Å²) in [5, 5.41) is 10.3. The van der Waals surface area contributed by atoms with Crippen LogP contribution in [-0.4, -0.2) is 18.4 Å². The molecule has 0 aliphatic carbocycles. The number of rotatable bonds is 3. The third kappa shape index (κ3) is 3.06. The Morgan fingerprint density at radius 1 is 0.792 bits per heavy atom. The Morgan fingerprint density at radius 2 is 1.29 bits per heavy atom. The van der Waals surface area contributed by atoms with Crippen molar-refractivity contribution in [2.24, 2.45) is 0 Å². The van der Waals surface area contributed by atoms with E-state index in [-0.39, 0.29) is 5.75 Å². The predicted molar refractivity (Wildman–Crippen MR) is 73.5 cm³/mol. The third-order valence-electron chi connectivity index (χ3n) is 3.54. The number of hydrogen-bond donors (Lipinski definition) is 1. The highest BCUT2D eigenvalue weighted by molar-refractivity contribution is 5.45. The van der Waals surface area contributed by atoms with Crippen LogP contribution in [0, 0.1) is 0 Å². The summed E-state index contributed by atoms with van der Waals surface area (Å²) < 4.78 is 84.9. The van der Waals surface area contributed by atoms with E-state index in [1.54, 1.807) is 0 Å². The first-order valence-corrected chi connectivity index (χ1v) is 6.62. The van der Waals surface area contributed by atoms with Gasteiger partial charge in [0.1, 0.15) is 5.75 Å². The molecule has 0 aliphatic rings. The number of hydrogen-bond acceptors (Lipinski definition) is 2. The topological polar surface area (TPSA) is 29.5 Å². The van der Waals surface area contributed by atoms with Crippen molar-refractivity contribution in [3.05, 3.63) is 65.2 Å². The quantitative estimate of drug-likeness (QED) is 0.826. The molecular formula is C16H12F6O2. The van der Waals surface area contributed by atoms with E-state index in [0.717, 1.165) is 36.4 Å². The molecule has 0 bridgehead atoms. The van der Waals surface area contributed by atoms with E-state index < -0.39 is 34.6 Å². The van der Waals surface area contributed by atoms with Gasteiger partial charge in [-0.05, 0) is 23.8 Å². The lowest BCUT2D eigenvalue weighted by Gasteiger charge is -2.33. The van der Waals surface area contributed by atoms with Crippen molar-refractivity contribution in [3.63, 3.8) is 0 Å². The molecular weight excluding hydrogens is 338 g/mol. The fourth-order valence-corrected chi connectivity index (χ4v) is 2.35. The van der Waals surface area contributed by atoms with Crippen LogP contribution in [0.1, 0.15) is 16.7 Å². The van der Waals surface area contributed by atoms with Gasteiger partial charge in [-0.25, -0.2) is 0 Å². The lowest BCUT2D eigenvalue weighted by Crippen LogP contribution is -2.44. The summed E-state index contributed by atoms with van der Waals surface area (Å²) in [5.41, 5.74) is -7.39. The van der Waals surface area contributed by atoms with Gasteiger partial charge >= 0.3 is 12.4 Å². The predicted octanol–water partition coefficient (Wildman–Crippen LogP) is 4.51. The zero-order valence-electron chi connectivity index (χ0n) is 12.2. The van der Waals surface area contributed by atoms with Gasteiger partial charge < -0.3 is 9.84 Å². The maximum Gasteiger partial charge on any atom is 0.425 e. The van der Waals surface area contributed by atoms with Crippen LogP contribution in [-0.2, 0) is 11.8 Å². The van der Waals surface area contributed by atoms with Gasteiger partial charge in [-0.2, -0.15) is 26.3 Å². The molecule has 0 radical (unpaired) electrons. The first-order valence-electron chi connectivity index (χ1n) is 6.62. The average molecular weight is 350 g/mol. The summed E-state index contributed by atoms with van der Waals surface area (Å²) in [7, 11) is 1.28. The summed E-state index contributed by atoms with van der Waals surface area (Å²) in [6.07, 6.45) is -10.4. The highest BCUT2D eigenvalue weighted by atomic mass is 19.4. The fraction of sp³-hybridized carbons (Fsp3) is 0.250. The smallest absolute Gasteiger partial charge is 0.425 e. The normalized spacial score (nSPS) is 15.0. The van der Waals surface area contributed by atoms with Crippen molar-refractivity contribution in [2.45, 2.75) is 18.0 Å². The fourth-order valence-electron chi connectivity index (χ4n) is 2.35. The van der Waals surface area contributed by atoms with Gasteiger partial charge in [0, 0.05) is 5.56 Å². The Bertz CT molecular complexity index is 706. The SMILES string of the molecule is COc1ccc(C(O)(c2ccccc2C(F)(F)F)C(F)(F)F)cc1. The molecule has 2 rings (SSSR count). The third-order valence-corrected chi connectivity index (χ3v) is 3.54. The van der Waals surface area contributed by atoms with Crippen LogP contribution in [0.15, 0.2) is 48.5 Å². The standard InChI is InChI=1S/C16H12F6O2/c1-24-11-8-6-10(7-9-11)14(23,16(20,21)22)12-4-2-3-5-13(12)15(17,18)19/h2-9,23H,1H3. The molecule has 0 heterocycles. The van der Waals surface area contributed by atoms with E-state index in [0.29, 0.717) is 12.1 Å². The van der Waals surface area contributed by atoms with E-state index in [9.17, 15) is 31.4 Å². The van der Waals surface area contributed by atoms with Crippen molar-refractivity contribution >= 4 is 0 Å². The molecule has 1 atom stereocenters. The lowest BCUT2D eigenvalue weighted by molar-refractivity contribution is -0.250. The molecule has 8 heteroatoms. The molecule has 2 aromatic carbocycles. The molecule has 0 saturated heterocycles. The molecule has 0 amide bonds. The molecule has 130 valence electrons. The Balaban J connectivity index is 2.75. The largest absolute Gasteiger partial charge is 0.497 e. The van der Waals surface area contributed by atoms with Crippen LogP contribution < -0.4 is 4.74 Å². The first-order chi connectivity index (χ1) is 11.0. The van der Waals surface area contributed by atoms with Crippen LogP contribution in [0.25, 0.3) is 0 Å². The van der Waals surface area contributed by atoms with Gasteiger partial charge in [0.2, 0.25) is 5.60 Å². The minimum atomic E-state index is -5.37. The maximum atomic E-state index is 13.6. The second-order valence-corrected chi connectivity index (χ2v) is 4.98. The molecule has 2 nitrogen and oxygen atoms in total. The van der Waals surface area contributed by atoms with Gasteiger partial charge in [-0.15, -0.1) is 0 Å². The highest BCUT2D eigenvalue weighted by Crippen LogP contribution is 2.48. The summed E-state index contributed by atoms with van der Waals surface area (Å²) in [6.45, 7) is 0. The second-order valence-electron chi connectivity index (χ2n) is 4.98. The first kappa shape index (κ1) is 18.1. The van der Waals surface area contributed by atoms with Crippen molar-refractivity contribution in [2.75, 3.05) is 7.11 Å². The molecule has 0 aliphatic heterocycles. The van der Waals surface area contributed by atoms with Crippen molar-refractivity contribution < 1.29 is 36.2 Å². The number of benzene rings is 2. The summed E-state index contributed by atoms with van der Waals surface area (Å²) >= 11 is 0. The molecule has 2 aromatic rings. The number of ether oxygens (including phenoxy) is 1. The van der Waals surface area contributed by atoms with E-state index in [1.807, 2.05) is 0 Å². The Morgan fingerprint density at radius 3 is 1.71 bits per heavy atom. The molecule has 0 aromatic heterocycles. The molecule has 1 unspecified atom stereocenters. The zero-order valence-corrected chi connectivity index (χ0v) is 12.2. The summed E-state index contributed by atoms with van der Waals surface area (Å²) in [4.78, 5) is 0. The van der Waals surface area contributed by atoms with Gasteiger partial charge in [-0.1, -0.05) is 30.3 Å². The molecule has 0 spiro atoms. The zero-order chi connectivity index (χ0) is 18.2. The Labute approximate surface area is 133 Å². The number of methoxy groups -OCH3 is 1.